The fraction of sp³-hybridized carbons (Fsp3) is 0.350. The monoisotopic (exact) mass is 326 g/mol. The smallest absolute Gasteiger partial charge is 0.255 e. The Labute approximate surface area is 144 Å². The van der Waals surface area contributed by atoms with Crippen LogP contribution < -0.4 is 10.1 Å². The number of para-hydroxylation sites is 1. The Kier molecular flexibility index (Phi) is 6.82. The van der Waals surface area contributed by atoms with Crippen LogP contribution in [-0.2, 0) is 13.1 Å². The number of benzene rings is 2. The molecule has 0 saturated carbocycles. The maximum atomic E-state index is 12.3. The summed E-state index contributed by atoms with van der Waals surface area (Å²) in [6, 6.07) is 15.6. The summed E-state index contributed by atoms with van der Waals surface area (Å²) >= 11 is 0. The van der Waals surface area contributed by atoms with Crippen LogP contribution in [0.15, 0.2) is 48.5 Å². The van der Waals surface area contributed by atoms with Crippen molar-refractivity contribution in [2.75, 3.05) is 20.2 Å². The van der Waals surface area contributed by atoms with Crippen LogP contribution >= 0.6 is 0 Å². The van der Waals surface area contributed by atoms with E-state index in [0.29, 0.717) is 17.9 Å². The Bertz CT molecular complexity index is 649. The predicted molar refractivity (Wildman–Crippen MR) is 97.2 cm³/mol. The SMILES string of the molecule is CCN(CC)Cc1ccc(CNC(=O)c2ccccc2OC)cc1. The molecule has 4 nitrogen and oxygen atoms in total. The van der Waals surface area contributed by atoms with Gasteiger partial charge in [-0.15, -0.1) is 0 Å². The Morgan fingerprint density at radius 2 is 1.62 bits per heavy atom. The molecule has 2 aromatic carbocycles. The number of ether oxygens (including phenoxy) is 1. The van der Waals surface area contributed by atoms with E-state index in [1.165, 1.54) is 5.56 Å². The molecule has 0 radical (unpaired) electrons. The zero-order valence-electron chi connectivity index (χ0n) is 14.7. The van der Waals surface area contributed by atoms with Crippen LogP contribution in [0.25, 0.3) is 0 Å². The van der Waals surface area contributed by atoms with Gasteiger partial charge in [0.15, 0.2) is 0 Å². The van der Waals surface area contributed by atoms with E-state index in [4.69, 9.17) is 4.74 Å². The minimum atomic E-state index is -0.125. The summed E-state index contributed by atoms with van der Waals surface area (Å²) in [4.78, 5) is 14.7. The molecule has 0 heterocycles. The van der Waals surface area contributed by atoms with Crippen LogP contribution in [0.5, 0.6) is 5.75 Å². The van der Waals surface area contributed by atoms with Crippen molar-refractivity contribution in [2.45, 2.75) is 26.9 Å². The Morgan fingerprint density at radius 3 is 2.25 bits per heavy atom. The quantitative estimate of drug-likeness (QED) is 0.807. The third-order valence-corrected chi connectivity index (χ3v) is 4.13. The third-order valence-electron chi connectivity index (χ3n) is 4.13. The molecule has 0 aliphatic rings. The Hall–Kier alpha value is -2.33. The minimum absolute atomic E-state index is 0.125. The highest BCUT2D eigenvalue weighted by atomic mass is 16.5. The molecular formula is C20H26N2O2. The van der Waals surface area contributed by atoms with Gasteiger partial charge in [-0.1, -0.05) is 50.2 Å². The van der Waals surface area contributed by atoms with Crippen molar-refractivity contribution in [1.29, 1.82) is 0 Å². The molecule has 0 atom stereocenters. The first-order chi connectivity index (χ1) is 11.7. The Balaban J connectivity index is 1.93. The number of carbonyl (C=O) groups excluding carboxylic acids is 1. The third kappa shape index (κ3) is 4.83. The van der Waals surface area contributed by atoms with E-state index in [1.54, 1.807) is 19.2 Å². The molecule has 128 valence electrons. The molecule has 1 N–H and O–H groups in total. The fourth-order valence-electron chi connectivity index (χ4n) is 2.58. The highest BCUT2D eigenvalue weighted by molar-refractivity contribution is 5.96. The first-order valence-corrected chi connectivity index (χ1v) is 8.39. The predicted octanol–water partition coefficient (Wildman–Crippen LogP) is 3.47. The lowest BCUT2D eigenvalue weighted by atomic mass is 10.1. The normalized spacial score (nSPS) is 10.7. The summed E-state index contributed by atoms with van der Waals surface area (Å²) in [6.45, 7) is 7.90. The molecular weight excluding hydrogens is 300 g/mol. The minimum Gasteiger partial charge on any atom is -0.496 e. The lowest BCUT2D eigenvalue weighted by Crippen LogP contribution is -2.23. The number of rotatable bonds is 8. The number of hydrogen-bond acceptors (Lipinski definition) is 3. The summed E-state index contributed by atoms with van der Waals surface area (Å²) in [5.74, 6) is 0.462. The van der Waals surface area contributed by atoms with Crippen LogP contribution in [-0.4, -0.2) is 31.0 Å². The molecule has 0 unspecified atom stereocenters. The first kappa shape index (κ1) is 18.0. The highest BCUT2D eigenvalue weighted by Gasteiger charge is 2.10. The molecule has 0 fully saturated rings. The average Bonchev–Trinajstić information content (AvgIpc) is 2.65. The van der Waals surface area contributed by atoms with E-state index < -0.39 is 0 Å². The summed E-state index contributed by atoms with van der Waals surface area (Å²) in [6.07, 6.45) is 0. The number of methoxy groups -OCH3 is 1. The molecule has 1 amide bonds. The number of carbonyl (C=O) groups is 1. The molecule has 2 rings (SSSR count). The maximum Gasteiger partial charge on any atom is 0.255 e. The van der Waals surface area contributed by atoms with Crippen molar-refractivity contribution in [2.24, 2.45) is 0 Å². The van der Waals surface area contributed by atoms with Gasteiger partial charge in [-0.3, -0.25) is 9.69 Å². The van der Waals surface area contributed by atoms with Gasteiger partial charge in [0.25, 0.3) is 5.91 Å². The zero-order chi connectivity index (χ0) is 17.4. The lowest BCUT2D eigenvalue weighted by Gasteiger charge is -2.18. The number of hydrogen-bond donors (Lipinski definition) is 1. The van der Waals surface area contributed by atoms with Gasteiger partial charge in [0, 0.05) is 13.1 Å². The fourth-order valence-corrected chi connectivity index (χ4v) is 2.58. The van der Waals surface area contributed by atoms with Crippen molar-refractivity contribution in [3.8, 4) is 5.75 Å². The second-order valence-electron chi connectivity index (χ2n) is 5.66. The van der Waals surface area contributed by atoms with E-state index in [2.05, 4.69) is 48.3 Å². The summed E-state index contributed by atoms with van der Waals surface area (Å²) in [5, 5.41) is 2.94. The summed E-state index contributed by atoms with van der Waals surface area (Å²) in [7, 11) is 1.57. The van der Waals surface area contributed by atoms with Crippen LogP contribution in [0.4, 0.5) is 0 Å². The molecule has 0 aliphatic heterocycles. The second kappa shape index (κ2) is 9.08. The lowest BCUT2D eigenvalue weighted by molar-refractivity contribution is 0.0948. The second-order valence-corrected chi connectivity index (χ2v) is 5.66. The van der Waals surface area contributed by atoms with Crippen LogP contribution in [0.1, 0.15) is 35.3 Å². The van der Waals surface area contributed by atoms with Crippen LogP contribution in [0, 0.1) is 0 Å². The molecule has 0 bridgehead atoms. The number of nitrogens with one attached hydrogen (secondary N) is 1. The molecule has 4 heteroatoms. The van der Waals surface area contributed by atoms with Gasteiger partial charge in [-0.25, -0.2) is 0 Å². The van der Waals surface area contributed by atoms with Gasteiger partial charge in [0.05, 0.1) is 12.7 Å². The van der Waals surface area contributed by atoms with Crippen molar-refractivity contribution < 1.29 is 9.53 Å². The summed E-state index contributed by atoms with van der Waals surface area (Å²) in [5.41, 5.74) is 2.93. The van der Waals surface area contributed by atoms with Crippen LogP contribution in [0.3, 0.4) is 0 Å². The van der Waals surface area contributed by atoms with E-state index in [-0.39, 0.29) is 5.91 Å². The average molecular weight is 326 g/mol. The van der Waals surface area contributed by atoms with Crippen molar-refractivity contribution in [3.05, 3.63) is 65.2 Å². The molecule has 2 aromatic rings. The topological polar surface area (TPSA) is 41.6 Å². The summed E-state index contributed by atoms with van der Waals surface area (Å²) < 4.78 is 5.23. The van der Waals surface area contributed by atoms with Gasteiger partial charge < -0.3 is 10.1 Å². The zero-order valence-corrected chi connectivity index (χ0v) is 14.7. The molecule has 0 saturated heterocycles. The van der Waals surface area contributed by atoms with Gasteiger partial charge in [-0.2, -0.15) is 0 Å². The van der Waals surface area contributed by atoms with Crippen molar-refractivity contribution in [1.82, 2.24) is 10.2 Å². The molecule has 24 heavy (non-hydrogen) atoms. The van der Waals surface area contributed by atoms with E-state index in [9.17, 15) is 4.79 Å². The van der Waals surface area contributed by atoms with Crippen LogP contribution in [0.2, 0.25) is 0 Å². The van der Waals surface area contributed by atoms with E-state index in [0.717, 1.165) is 25.2 Å². The van der Waals surface area contributed by atoms with Gasteiger partial charge in [0.1, 0.15) is 5.75 Å². The highest BCUT2D eigenvalue weighted by Crippen LogP contribution is 2.17. The number of amides is 1. The van der Waals surface area contributed by atoms with Gasteiger partial charge >= 0.3 is 0 Å². The molecule has 0 spiro atoms. The van der Waals surface area contributed by atoms with E-state index in [1.807, 2.05) is 12.1 Å². The maximum absolute atomic E-state index is 12.3. The van der Waals surface area contributed by atoms with Gasteiger partial charge in [-0.05, 0) is 36.3 Å². The molecule has 0 aliphatic carbocycles. The van der Waals surface area contributed by atoms with Gasteiger partial charge in [0.2, 0.25) is 0 Å². The van der Waals surface area contributed by atoms with Crippen molar-refractivity contribution >= 4 is 5.91 Å². The first-order valence-electron chi connectivity index (χ1n) is 8.39. The Morgan fingerprint density at radius 1 is 1.00 bits per heavy atom. The largest absolute Gasteiger partial charge is 0.496 e. The number of nitrogens with zero attached hydrogens (tertiary/aromatic N) is 1. The molecule has 0 aromatic heterocycles. The van der Waals surface area contributed by atoms with E-state index >= 15 is 0 Å². The van der Waals surface area contributed by atoms with Crippen molar-refractivity contribution in [3.63, 3.8) is 0 Å². The standard InChI is InChI=1S/C20H26N2O2/c1-4-22(5-2)15-17-12-10-16(11-13-17)14-21-20(23)18-8-6-7-9-19(18)24-3/h6-13H,4-5,14-15H2,1-3H3,(H,21,23).